The van der Waals surface area contributed by atoms with E-state index in [0.29, 0.717) is 5.56 Å². The molecule has 0 aliphatic carbocycles. The van der Waals surface area contributed by atoms with Gasteiger partial charge >= 0.3 is 0 Å². The van der Waals surface area contributed by atoms with Gasteiger partial charge in [0, 0.05) is 25.2 Å². The molecule has 0 radical (unpaired) electrons. The summed E-state index contributed by atoms with van der Waals surface area (Å²) in [5.41, 5.74) is 0.345. The first-order chi connectivity index (χ1) is 42.1. The van der Waals surface area contributed by atoms with E-state index in [1.165, 1.54) is 0 Å². The number of benzene rings is 1. The van der Waals surface area contributed by atoms with Crippen LogP contribution in [0.5, 0.6) is 0 Å². The van der Waals surface area contributed by atoms with Crippen molar-refractivity contribution in [2.24, 2.45) is 0 Å². The summed E-state index contributed by atoms with van der Waals surface area (Å²) in [6, 6.07) is 8.17. The van der Waals surface area contributed by atoms with Crippen LogP contribution in [-0.4, -0.2) is 382 Å². The van der Waals surface area contributed by atoms with E-state index in [-0.39, 0.29) is 19.6 Å². The summed E-state index contributed by atoms with van der Waals surface area (Å²) in [6.45, 7) is -6.68. The molecule has 22 rings (SSSR count). The minimum absolute atomic E-state index is 0.000679. The Balaban J connectivity index is 0.995. The number of aliphatic hydroxyl groups excluding tert-OH is 20. The number of rotatable bonds is 12. The molecule has 1 amide bonds. The highest BCUT2D eigenvalue weighted by atomic mass is 16.8. The zero-order chi connectivity index (χ0) is 63.6. The molecule has 1 aromatic rings. The lowest BCUT2D eigenvalue weighted by molar-refractivity contribution is -0.396. The van der Waals surface area contributed by atoms with Crippen LogP contribution in [0, 0.1) is 0 Å². The third-order valence-corrected chi connectivity index (χ3v) is 16.6. The van der Waals surface area contributed by atoms with Crippen LogP contribution in [-0.2, 0) is 66.3 Å². The maximum absolute atomic E-state index is 12.7. The molecule has 0 saturated carbocycles. The van der Waals surface area contributed by atoms with Gasteiger partial charge in [-0.25, -0.2) is 0 Å². The van der Waals surface area contributed by atoms with E-state index in [0.717, 1.165) is 0 Å². The van der Waals surface area contributed by atoms with E-state index >= 15 is 0 Å². The smallest absolute Gasteiger partial charge is 0.251 e. The second-order valence-corrected chi connectivity index (χ2v) is 22.3. The van der Waals surface area contributed by atoms with Crippen LogP contribution in [0.1, 0.15) is 10.4 Å². The summed E-state index contributed by atoms with van der Waals surface area (Å²) in [4.78, 5) is 12.7. The van der Waals surface area contributed by atoms with Crippen molar-refractivity contribution in [1.29, 1.82) is 0 Å². The van der Waals surface area contributed by atoms with Crippen molar-refractivity contribution in [1.82, 2.24) is 10.6 Å². The topological polar surface area (TPSA) is 575 Å². The van der Waals surface area contributed by atoms with E-state index < -0.39 is 260 Å². The molecule has 21 aliphatic heterocycles. The summed E-state index contributed by atoms with van der Waals surface area (Å²) in [6.07, 6.45) is -70.2. The van der Waals surface area contributed by atoms with Crippen molar-refractivity contribution in [2.45, 2.75) is 215 Å². The zero-order valence-electron chi connectivity index (χ0n) is 46.5. The zero-order valence-corrected chi connectivity index (χ0v) is 46.5. The molecule has 21 fully saturated rings. The Labute approximate surface area is 499 Å². The van der Waals surface area contributed by atoms with Crippen LogP contribution in [0.3, 0.4) is 0 Å². The summed E-state index contributed by atoms with van der Waals surface area (Å²) >= 11 is 0. The number of carbonyl (C=O) groups is 1. The molecule has 88 heavy (non-hydrogen) atoms. The van der Waals surface area contributed by atoms with Gasteiger partial charge in [-0.2, -0.15) is 0 Å². The fourth-order valence-electron chi connectivity index (χ4n) is 11.6. The second kappa shape index (κ2) is 30.6. The quantitative estimate of drug-likeness (QED) is 0.0864. The highest BCUT2D eigenvalue weighted by Crippen LogP contribution is 2.39. The van der Waals surface area contributed by atoms with Gasteiger partial charge in [0.2, 0.25) is 0 Å². The lowest BCUT2D eigenvalue weighted by Gasteiger charge is -2.50. The average molecular weight is 1280 g/mol. The molecule has 0 unspecified atom stereocenters. The number of nitrogens with one attached hydrogen (secondary N) is 2. The van der Waals surface area contributed by atoms with Gasteiger partial charge in [0.1, 0.15) is 171 Å². The van der Waals surface area contributed by atoms with Gasteiger partial charge in [0.15, 0.2) is 44.0 Å². The van der Waals surface area contributed by atoms with Gasteiger partial charge < -0.3 is 179 Å². The lowest BCUT2D eigenvalue weighted by atomic mass is 9.95. The predicted molar refractivity (Wildman–Crippen MR) is 273 cm³/mol. The molecular formula is C51H80N2O35. The predicted octanol–water partition coefficient (Wildman–Crippen LogP) is -14.2. The van der Waals surface area contributed by atoms with E-state index in [1.807, 2.05) is 0 Å². The van der Waals surface area contributed by atoms with Crippen LogP contribution >= 0.6 is 0 Å². The highest BCUT2D eigenvalue weighted by molar-refractivity contribution is 5.94. The van der Waals surface area contributed by atoms with E-state index in [9.17, 15) is 107 Å². The number of aliphatic hydroxyl groups is 20. The maximum Gasteiger partial charge on any atom is 0.251 e. The summed E-state index contributed by atoms with van der Waals surface area (Å²) < 4.78 is 81.3. The number of carbonyl (C=O) groups excluding carboxylic acids is 1. The van der Waals surface area contributed by atoms with Crippen LogP contribution in [0.2, 0.25) is 0 Å². The molecule has 37 heteroatoms. The Morgan fingerprint density at radius 3 is 0.739 bits per heavy atom. The van der Waals surface area contributed by atoms with Gasteiger partial charge in [0.25, 0.3) is 5.91 Å². The molecule has 21 saturated heterocycles. The molecule has 1 aromatic carbocycles. The van der Waals surface area contributed by atoms with Crippen LogP contribution in [0.15, 0.2) is 30.3 Å². The SMILES string of the molecule is O=C(NCCNC[C@H]1O[C@@H]2O[C@H]3[C@H](O)[C@H](O)[C@@H](O[C@H]4[C@H](O)[C@H](O)[C@@H](O[C@H]5[C@H](O)[C@@H](O)[C@@H](O[C@H]6[C@H](O)[C@@H](O)[C@@H](O[C@H]7[C@H](O)[C@@H](O)[C@@H](O[C@H]8[C@H](O)[C@@H](O)[C@@H](O[C@H]1[C@H](O)[C@H]2O)O[C@@H]8CO)O[C@@H]7CO)O[C@@H]6CO)O[C@@H]5CO)O[C@@H]4CO)O[C@@H]3CO)c1ccccc1. The monoisotopic (exact) mass is 1280 g/mol. The molecule has 21 heterocycles. The fourth-order valence-corrected chi connectivity index (χ4v) is 11.6. The average Bonchev–Trinajstić information content (AvgIpc) is 1.59. The molecule has 21 aliphatic rings. The minimum Gasteiger partial charge on any atom is -0.394 e. The van der Waals surface area contributed by atoms with Gasteiger partial charge in [-0.3, -0.25) is 4.79 Å². The maximum atomic E-state index is 12.7. The molecule has 37 nitrogen and oxygen atoms in total. The highest BCUT2D eigenvalue weighted by Gasteiger charge is 2.59. The summed E-state index contributed by atoms with van der Waals surface area (Å²) in [7, 11) is 0. The minimum atomic E-state index is -2.22. The fraction of sp³-hybridized carbons (Fsp3) is 0.863. The van der Waals surface area contributed by atoms with Gasteiger partial charge in [0.05, 0.1) is 39.6 Å². The first-order valence-corrected chi connectivity index (χ1v) is 28.5. The molecular weight excluding hydrogens is 1200 g/mol. The Hall–Kier alpha value is -2.71. The third-order valence-electron chi connectivity index (χ3n) is 16.6. The van der Waals surface area contributed by atoms with Crippen LogP contribution in [0.4, 0.5) is 0 Å². The first kappa shape index (κ1) is 69.6. The molecule has 14 bridgehead atoms. The third kappa shape index (κ3) is 14.5. The van der Waals surface area contributed by atoms with Gasteiger partial charge in [-0.05, 0) is 12.1 Å². The largest absolute Gasteiger partial charge is 0.394 e. The standard InChI is InChI=1S/C51H80N2O35/c54-9-17-38-25(62)32(69)47(77-17)85-40-19(11-56)79-49(34(71)27(40)64)87-42-21(13-58)81-51(36(73)29(42)66)88-43-22(14-59)80-50(35(72)28(43)65)86-41-20(12-57)78-48(33(70)26(41)63)84-39-18(10-55)76-46(31(68)24(39)61)82-37-16(75-45(83-38)30(67)23(37)60)8-52-6-7-53-44(74)15-4-2-1-3-5-15/h1-5,16-43,45-52,54-73H,6-14H2,(H,53,74)/t16-,17-,18-,19-,20-,21-,22-,23-,24-,25-,26-,27-,28-,29-,30-,31-,32+,33-,34+,35-,36-,37-,38-,39-,40-,41-,42-,43-,45-,46-,47-,48-,49-,50-,51-/m1/s1. The summed E-state index contributed by atoms with van der Waals surface area (Å²) in [5.74, 6) is -0.433. The van der Waals surface area contributed by atoms with Crippen molar-refractivity contribution in [3.8, 4) is 0 Å². The van der Waals surface area contributed by atoms with E-state index in [1.54, 1.807) is 30.3 Å². The second-order valence-electron chi connectivity index (χ2n) is 22.3. The van der Waals surface area contributed by atoms with Crippen LogP contribution in [0.25, 0.3) is 0 Å². The van der Waals surface area contributed by atoms with Crippen molar-refractivity contribution in [3.05, 3.63) is 35.9 Å². The lowest BCUT2D eigenvalue weighted by Crippen LogP contribution is -2.68. The molecule has 0 aromatic heterocycles. The molecule has 0 spiro atoms. The Bertz CT molecular complexity index is 2300. The van der Waals surface area contributed by atoms with Crippen molar-refractivity contribution in [3.63, 3.8) is 0 Å². The number of amides is 1. The molecule has 35 atom stereocenters. The van der Waals surface area contributed by atoms with E-state index in [2.05, 4.69) is 10.6 Å². The van der Waals surface area contributed by atoms with Crippen molar-refractivity contribution in [2.75, 3.05) is 59.3 Å². The normalized spacial score (nSPS) is 49.8. The van der Waals surface area contributed by atoms with Gasteiger partial charge in [-0.1, -0.05) is 18.2 Å². The Morgan fingerprint density at radius 2 is 0.511 bits per heavy atom. The van der Waals surface area contributed by atoms with Crippen molar-refractivity contribution >= 4 is 5.91 Å². The molecule has 504 valence electrons. The number of hydrogen-bond acceptors (Lipinski definition) is 36. The van der Waals surface area contributed by atoms with Crippen molar-refractivity contribution < 1.29 is 173 Å². The number of ether oxygens (including phenoxy) is 14. The summed E-state index contributed by atoms with van der Waals surface area (Å²) in [5, 5.41) is 229. The molecule has 22 N–H and O–H groups in total. The van der Waals surface area contributed by atoms with Gasteiger partial charge in [-0.15, -0.1) is 0 Å². The van der Waals surface area contributed by atoms with E-state index in [4.69, 9.17) is 66.3 Å². The Morgan fingerprint density at radius 1 is 0.295 bits per heavy atom. The Kier molecular flexibility index (Phi) is 24.2. The van der Waals surface area contributed by atoms with Crippen LogP contribution < -0.4 is 10.6 Å². The first-order valence-electron chi connectivity index (χ1n) is 28.5. The number of hydrogen-bond donors (Lipinski definition) is 22.